The third kappa shape index (κ3) is 3.28. The van der Waals surface area contributed by atoms with Gasteiger partial charge in [-0.25, -0.2) is 14.6 Å². The zero-order chi connectivity index (χ0) is 20.7. The molecule has 6 heteroatoms. The minimum atomic E-state index is 0.386. The molecule has 0 saturated carbocycles. The van der Waals surface area contributed by atoms with Crippen LogP contribution in [0.2, 0.25) is 0 Å². The van der Waals surface area contributed by atoms with E-state index in [2.05, 4.69) is 88.1 Å². The van der Waals surface area contributed by atoms with Gasteiger partial charge in [0.15, 0.2) is 5.65 Å². The first-order valence-electron chi connectivity index (χ1n) is 10.4. The van der Waals surface area contributed by atoms with Gasteiger partial charge < -0.3 is 9.80 Å². The molecule has 30 heavy (non-hydrogen) atoms. The highest BCUT2D eigenvalue weighted by molar-refractivity contribution is 5.87. The quantitative estimate of drug-likeness (QED) is 0.519. The SMILES string of the molecule is Cc1cccc(N2CCN(c3ncnc4c3cnn4-c3cccc(C)c3)C[C@@H]2C)c1. The zero-order valence-electron chi connectivity index (χ0n) is 17.7. The second-order valence-corrected chi connectivity index (χ2v) is 8.16. The fourth-order valence-electron chi connectivity index (χ4n) is 4.37. The highest BCUT2D eigenvalue weighted by Gasteiger charge is 2.26. The third-order valence-corrected chi connectivity index (χ3v) is 5.85. The molecule has 4 aromatic rings. The summed E-state index contributed by atoms with van der Waals surface area (Å²) in [6.45, 7) is 9.31. The first-order chi connectivity index (χ1) is 14.6. The van der Waals surface area contributed by atoms with Crippen molar-refractivity contribution in [2.75, 3.05) is 29.4 Å². The summed E-state index contributed by atoms with van der Waals surface area (Å²) in [5.41, 5.74) is 5.66. The minimum absolute atomic E-state index is 0.386. The average molecular weight is 399 g/mol. The van der Waals surface area contributed by atoms with Crippen LogP contribution in [0.15, 0.2) is 61.1 Å². The third-order valence-electron chi connectivity index (χ3n) is 5.85. The fraction of sp³-hybridized carbons (Fsp3) is 0.292. The van der Waals surface area contributed by atoms with Crippen LogP contribution in [0.5, 0.6) is 0 Å². The predicted octanol–water partition coefficient (Wildman–Crippen LogP) is 4.15. The summed E-state index contributed by atoms with van der Waals surface area (Å²) in [4.78, 5) is 14.0. The van der Waals surface area contributed by atoms with E-state index in [0.717, 1.165) is 42.2 Å². The van der Waals surface area contributed by atoms with Gasteiger partial charge in [0.1, 0.15) is 12.1 Å². The molecule has 1 saturated heterocycles. The molecule has 1 aliphatic rings. The lowest BCUT2D eigenvalue weighted by molar-refractivity contribution is 0.548. The molecule has 0 amide bonds. The molecule has 2 aromatic carbocycles. The minimum Gasteiger partial charge on any atom is -0.365 e. The van der Waals surface area contributed by atoms with Gasteiger partial charge in [0.05, 0.1) is 17.3 Å². The smallest absolute Gasteiger partial charge is 0.168 e. The Bertz CT molecular complexity index is 1200. The second-order valence-electron chi connectivity index (χ2n) is 8.16. The molecule has 0 N–H and O–H groups in total. The van der Waals surface area contributed by atoms with E-state index in [0.29, 0.717) is 6.04 Å². The lowest BCUT2D eigenvalue weighted by Crippen LogP contribution is -2.52. The monoisotopic (exact) mass is 398 g/mol. The first kappa shape index (κ1) is 18.6. The Morgan fingerprint density at radius 2 is 1.63 bits per heavy atom. The zero-order valence-corrected chi connectivity index (χ0v) is 17.7. The molecular formula is C24H26N6. The van der Waals surface area contributed by atoms with Gasteiger partial charge in [0.2, 0.25) is 0 Å². The van der Waals surface area contributed by atoms with Crippen LogP contribution in [-0.4, -0.2) is 45.4 Å². The molecule has 1 atom stereocenters. The number of hydrogen-bond acceptors (Lipinski definition) is 5. The molecule has 0 spiro atoms. The summed E-state index contributed by atoms with van der Waals surface area (Å²) in [7, 11) is 0. The van der Waals surface area contributed by atoms with E-state index in [1.165, 1.54) is 16.8 Å². The van der Waals surface area contributed by atoms with E-state index in [-0.39, 0.29) is 0 Å². The van der Waals surface area contributed by atoms with Gasteiger partial charge in [-0.1, -0.05) is 24.3 Å². The van der Waals surface area contributed by atoms with Crippen molar-refractivity contribution in [2.24, 2.45) is 0 Å². The van der Waals surface area contributed by atoms with E-state index in [1.54, 1.807) is 6.33 Å². The highest BCUT2D eigenvalue weighted by Crippen LogP contribution is 2.28. The van der Waals surface area contributed by atoms with Crippen molar-refractivity contribution >= 4 is 22.5 Å². The van der Waals surface area contributed by atoms with Crippen molar-refractivity contribution in [2.45, 2.75) is 26.8 Å². The van der Waals surface area contributed by atoms with Gasteiger partial charge >= 0.3 is 0 Å². The van der Waals surface area contributed by atoms with Crippen molar-refractivity contribution in [3.05, 3.63) is 72.2 Å². The van der Waals surface area contributed by atoms with Gasteiger partial charge in [-0.05, 0) is 56.2 Å². The molecule has 152 valence electrons. The van der Waals surface area contributed by atoms with E-state index >= 15 is 0 Å². The predicted molar refractivity (Wildman–Crippen MR) is 122 cm³/mol. The summed E-state index contributed by atoms with van der Waals surface area (Å²) in [6, 6.07) is 17.5. The Morgan fingerprint density at radius 3 is 2.37 bits per heavy atom. The van der Waals surface area contributed by atoms with Crippen LogP contribution < -0.4 is 9.80 Å². The number of rotatable bonds is 3. The number of anilines is 2. The summed E-state index contributed by atoms with van der Waals surface area (Å²) in [6.07, 6.45) is 3.55. The molecular weight excluding hydrogens is 372 g/mol. The topological polar surface area (TPSA) is 50.1 Å². The molecule has 0 aliphatic carbocycles. The molecule has 0 radical (unpaired) electrons. The van der Waals surface area contributed by atoms with Gasteiger partial charge in [0, 0.05) is 31.4 Å². The van der Waals surface area contributed by atoms with Gasteiger partial charge in [0.25, 0.3) is 0 Å². The highest BCUT2D eigenvalue weighted by atomic mass is 15.3. The average Bonchev–Trinajstić information content (AvgIpc) is 3.18. The van der Waals surface area contributed by atoms with E-state index in [4.69, 9.17) is 0 Å². The fourth-order valence-corrected chi connectivity index (χ4v) is 4.37. The lowest BCUT2D eigenvalue weighted by Gasteiger charge is -2.42. The van der Waals surface area contributed by atoms with Crippen LogP contribution in [-0.2, 0) is 0 Å². The Labute approximate surface area is 176 Å². The summed E-state index contributed by atoms with van der Waals surface area (Å²) in [5.74, 6) is 0.967. The molecule has 0 bridgehead atoms. The number of nitrogens with zero attached hydrogens (tertiary/aromatic N) is 6. The van der Waals surface area contributed by atoms with Crippen LogP contribution >= 0.6 is 0 Å². The van der Waals surface area contributed by atoms with Crippen LogP contribution in [0, 0.1) is 13.8 Å². The first-order valence-corrected chi connectivity index (χ1v) is 10.4. The maximum atomic E-state index is 4.64. The van der Waals surface area contributed by atoms with Gasteiger partial charge in [-0.3, -0.25) is 0 Å². The molecule has 5 rings (SSSR count). The number of benzene rings is 2. The van der Waals surface area contributed by atoms with Crippen LogP contribution in [0.3, 0.4) is 0 Å². The lowest BCUT2D eigenvalue weighted by atomic mass is 10.1. The number of hydrogen-bond donors (Lipinski definition) is 0. The van der Waals surface area contributed by atoms with Gasteiger partial charge in [-0.15, -0.1) is 0 Å². The van der Waals surface area contributed by atoms with Crippen LogP contribution in [0.25, 0.3) is 16.7 Å². The van der Waals surface area contributed by atoms with Crippen LogP contribution in [0.1, 0.15) is 18.1 Å². The normalized spacial score (nSPS) is 17.0. The molecule has 3 heterocycles. The number of fused-ring (bicyclic) bond motifs is 1. The molecule has 1 fully saturated rings. The summed E-state index contributed by atoms with van der Waals surface area (Å²) < 4.78 is 1.90. The second kappa shape index (κ2) is 7.44. The molecule has 6 nitrogen and oxygen atoms in total. The van der Waals surface area contributed by atoms with Crippen LogP contribution in [0.4, 0.5) is 11.5 Å². The molecule has 0 unspecified atom stereocenters. The van der Waals surface area contributed by atoms with E-state index < -0.39 is 0 Å². The largest absolute Gasteiger partial charge is 0.365 e. The Hall–Kier alpha value is -3.41. The number of aryl methyl sites for hydroxylation is 2. The summed E-state index contributed by atoms with van der Waals surface area (Å²) in [5, 5.41) is 5.63. The maximum Gasteiger partial charge on any atom is 0.168 e. The standard InChI is InChI=1S/C24H26N6/c1-17-6-4-8-20(12-17)29-11-10-28(15-19(29)3)23-22-14-27-30(24(22)26-16-25-23)21-9-5-7-18(2)13-21/h4-9,12-14,16,19H,10-11,15H2,1-3H3/t19-/m0/s1. The molecule has 2 aromatic heterocycles. The van der Waals surface area contributed by atoms with Crippen molar-refractivity contribution in [1.29, 1.82) is 0 Å². The number of aromatic nitrogens is 4. The van der Waals surface area contributed by atoms with Gasteiger partial charge in [-0.2, -0.15) is 5.10 Å². The van der Waals surface area contributed by atoms with E-state index in [9.17, 15) is 0 Å². The maximum absolute atomic E-state index is 4.64. The Kier molecular flexibility index (Phi) is 4.62. The van der Waals surface area contributed by atoms with Crippen molar-refractivity contribution < 1.29 is 0 Å². The molecule has 1 aliphatic heterocycles. The van der Waals surface area contributed by atoms with Crippen molar-refractivity contribution in [1.82, 2.24) is 19.7 Å². The van der Waals surface area contributed by atoms with E-state index in [1.807, 2.05) is 16.9 Å². The van der Waals surface area contributed by atoms with Crippen molar-refractivity contribution in [3.63, 3.8) is 0 Å². The summed E-state index contributed by atoms with van der Waals surface area (Å²) >= 11 is 0. The Balaban J connectivity index is 1.45. The Morgan fingerprint density at radius 1 is 0.900 bits per heavy atom. The number of piperazine rings is 1. The van der Waals surface area contributed by atoms with Crippen molar-refractivity contribution in [3.8, 4) is 5.69 Å².